The molecule has 0 aliphatic carbocycles. The van der Waals surface area contributed by atoms with Crippen molar-refractivity contribution in [3.8, 4) is 0 Å². The summed E-state index contributed by atoms with van der Waals surface area (Å²) in [5.41, 5.74) is 0.888. The lowest BCUT2D eigenvalue weighted by Gasteiger charge is -2.23. The molecule has 0 spiro atoms. The molecule has 0 unspecified atom stereocenters. The van der Waals surface area contributed by atoms with Crippen molar-refractivity contribution in [1.29, 1.82) is 0 Å². The van der Waals surface area contributed by atoms with Crippen molar-refractivity contribution in [3.63, 3.8) is 0 Å². The van der Waals surface area contributed by atoms with Crippen LogP contribution in [0.2, 0.25) is 5.02 Å². The normalized spacial score (nSPS) is 11.8. The number of para-hydroxylation sites is 1. The van der Waals surface area contributed by atoms with Gasteiger partial charge < -0.3 is 4.90 Å². The highest BCUT2D eigenvalue weighted by Crippen LogP contribution is 2.26. The molecular formula is C19H23ClN2O3S. The molecule has 2 aromatic carbocycles. The molecule has 0 saturated heterocycles. The van der Waals surface area contributed by atoms with Crippen LogP contribution in [0.25, 0.3) is 0 Å². The fraction of sp³-hybridized carbons (Fsp3) is 0.316. The van der Waals surface area contributed by atoms with Crippen LogP contribution in [0.4, 0.5) is 5.69 Å². The molecule has 0 aliphatic heterocycles. The van der Waals surface area contributed by atoms with Crippen molar-refractivity contribution >= 4 is 33.2 Å². The van der Waals surface area contributed by atoms with Crippen molar-refractivity contribution < 1.29 is 13.2 Å². The molecule has 2 aromatic rings. The van der Waals surface area contributed by atoms with E-state index in [2.05, 4.69) is 0 Å². The molecule has 0 bridgehead atoms. The predicted octanol–water partition coefficient (Wildman–Crippen LogP) is 4.04. The summed E-state index contributed by atoms with van der Waals surface area (Å²) in [5, 5.41) is 0.218. The Morgan fingerprint density at radius 2 is 1.73 bits per heavy atom. The van der Waals surface area contributed by atoms with Gasteiger partial charge in [-0.1, -0.05) is 29.8 Å². The Hall–Kier alpha value is -1.89. The van der Waals surface area contributed by atoms with E-state index in [4.69, 9.17) is 11.6 Å². The van der Waals surface area contributed by atoms with Gasteiger partial charge in [0.1, 0.15) is 0 Å². The standard InChI is InChI=1S/C19H23ClN2O3S/c1-5-22(15-9-7-6-8-10-15)19(23)17-13-16(11-12-18(17)20)26(24,25)21(4)14(2)3/h6-14H,5H2,1-4H3. The Morgan fingerprint density at radius 1 is 1.12 bits per heavy atom. The van der Waals surface area contributed by atoms with Gasteiger partial charge in [0, 0.05) is 25.3 Å². The van der Waals surface area contributed by atoms with Gasteiger partial charge >= 0.3 is 0 Å². The Balaban J connectivity index is 2.49. The number of hydrogen-bond donors (Lipinski definition) is 0. The number of amides is 1. The summed E-state index contributed by atoms with van der Waals surface area (Å²) < 4.78 is 26.7. The Bertz CT molecular complexity index is 883. The van der Waals surface area contributed by atoms with Crippen LogP contribution in [0, 0.1) is 0 Å². The maximum Gasteiger partial charge on any atom is 0.259 e. The van der Waals surface area contributed by atoms with E-state index >= 15 is 0 Å². The number of carbonyl (C=O) groups excluding carboxylic acids is 1. The van der Waals surface area contributed by atoms with E-state index in [-0.39, 0.29) is 27.4 Å². The van der Waals surface area contributed by atoms with E-state index in [1.54, 1.807) is 18.7 Å². The molecular weight excluding hydrogens is 372 g/mol. The number of carbonyl (C=O) groups is 1. The van der Waals surface area contributed by atoms with Crippen molar-refractivity contribution in [1.82, 2.24) is 4.31 Å². The molecule has 0 saturated carbocycles. The molecule has 0 N–H and O–H groups in total. The second kappa shape index (κ2) is 8.20. The van der Waals surface area contributed by atoms with Crippen LogP contribution in [-0.4, -0.2) is 38.3 Å². The fourth-order valence-corrected chi connectivity index (χ4v) is 4.06. The van der Waals surface area contributed by atoms with Gasteiger partial charge in [0.15, 0.2) is 0 Å². The first kappa shape index (κ1) is 20.4. The van der Waals surface area contributed by atoms with Crippen molar-refractivity contribution in [2.24, 2.45) is 0 Å². The number of sulfonamides is 1. The zero-order chi connectivity index (χ0) is 19.5. The Labute approximate surface area is 160 Å². The molecule has 1 amide bonds. The van der Waals surface area contributed by atoms with E-state index in [0.717, 1.165) is 5.69 Å². The van der Waals surface area contributed by atoms with Crippen LogP contribution >= 0.6 is 11.6 Å². The van der Waals surface area contributed by atoms with Crippen LogP contribution < -0.4 is 4.90 Å². The molecule has 0 heterocycles. The number of halogens is 1. The molecule has 5 nitrogen and oxygen atoms in total. The minimum absolute atomic E-state index is 0.0468. The highest BCUT2D eigenvalue weighted by molar-refractivity contribution is 7.89. The van der Waals surface area contributed by atoms with E-state index in [1.165, 1.54) is 29.6 Å². The lowest BCUT2D eigenvalue weighted by molar-refractivity contribution is 0.0988. The van der Waals surface area contributed by atoms with Crippen molar-refractivity contribution in [3.05, 3.63) is 59.1 Å². The van der Waals surface area contributed by atoms with Gasteiger partial charge in [0.2, 0.25) is 10.0 Å². The number of hydrogen-bond acceptors (Lipinski definition) is 3. The zero-order valence-electron chi connectivity index (χ0n) is 15.3. The van der Waals surface area contributed by atoms with E-state index in [0.29, 0.717) is 6.54 Å². The van der Waals surface area contributed by atoms with Crippen LogP contribution in [0.5, 0.6) is 0 Å². The maximum atomic E-state index is 13.0. The summed E-state index contributed by atoms with van der Waals surface area (Å²) in [5.74, 6) is -0.340. The zero-order valence-corrected chi connectivity index (χ0v) is 16.9. The topological polar surface area (TPSA) is 57.7 Å². The van der Waals surface area contributed by atoms with Gasteiger partial charge in [-0.2, -0.15) is 4.31 Å². The summed E-state index contributed by atoms with van der Waals surface area (Å²) in [7, 11) is -2.19. The summed E-state index contributed by atoms with van der Waals surface area (Å²) in [6.45, 7) is 5.86. The van der Waals surface area contributed by atoms with Crippen molar-refractivity contribution in [2.45, 2.75) is 31.7 Å². The molecule has 26 heavy (non-hydrogen) atoms. The quantitative estimate of drug-likeness (QED) is 0.743. The average molecular weight is 395 g/mol. The number of benzene rings is 2. The minimum Gasteiger partial charge on any atom is -0.309 e. The molecule has 140 valence electrons. The summed E-state index contributed by atoms with van der Waals surface area (Å²) in [6.07, 6.45) is 0. The lowest BCUT2D eigenvalue weighted by Crippen LogP contribution is -2.34. The summed E-state index contributed by atoms with van der Waals surface area (Å²) >= 11 is 6.22. The molecule has 0 radical (unpaired) electrons. The van der Waals surface area contributed by atoms with Gasteiger partial charge in [0.25, 0.3) is 5.91 Å². The second-order valence-electron chi connectivity index (χ2n) is 6.14. The van der Waals surface area contributed by atoms with E-state index in [1.807, 2.05) is 37.3 Å². The number of nitrogens with zero attached hydrogens (tertiary/aromatic N) is 2. The predicted molar refractivity (Wildman–Crippen MR) is 105 cm³/mol. The smallest absolute Gasteiger partial charge is 0.259 e. The molecule has 0 aliphatic rings. The van der Waals surface area contributed by atoms with Crippen molar-refractivity contribution in [2.75, 3.05) is 18.5 Å². The van der Waals surface area contributed by atoms with Gasteiger partial charge in [-0.05, 0) is 51.1 Å². The monoisotopic (exact) mass is 394 g/mol. The summed E-state index contributed by atoms with van der Waals surface area (Å²) in [4.78, 5) is 14.6. The third kappa shape index (κ3) is 4.09. The van der Waals surface area contributed by atoms with Crippen LogP contribution in [0.15, 0.2) is 53.4 Å². The first-order valence-corrected chi connectivity index (χ1v) is 10.2. The second-order valence-corrected chi connectivity index (χ2v) is 8.55. The maximum absolute atomic E-state index is 13.0. The van der Waals surface area contributed by atoms with Crippen LogP contribution in [-0.2, 0) is 10.0 Å². The van der Waals surface area contributed by atoms with E-state index < -0.39 is 10.0 Å². The first-order chi connectivity index (χ1) is 12.2. The molecule has 2 rings (SSSR count). The Morgan fingerprint density at radius 3 is 2.27 bits per heavy atom. The fourth-order valence-electron chi connectivity index (χ4n) is 2.47. The molecule has 0 atom stereocenters. The Kier molecular flexibility index (Phi) is 6.44. The van der Waals surface area contributed by atoms with Gasteiger partial charge in [-0.3, -0.25) is 4.79 Å². The van der Waals surface area contributed by atoms with E-state index in [9.17, 15) is 13.2 Å². The van der Waals surface area contributed by atoms with Gasteiger partial charge in [-0.15, -0.1) is 0 Å². The molecule has 0 aromatic heterocycles. The molecule has 7 heteroatoms. The number of rotatable bonds is 6. The largest absolute Gasteiger partial charge is 0.309 e. The summed E-state index contributed by atoms with van der Waals surface area (Å²) in [6, 6.07) is 13.2. The highest BCUT2D eigenvalue weighted by Gasteiger charge is 2.26. The van der Waals surface area contributed by atoms with Crippen LogP contribution in [0.1, 0.15) is 31.1 Å². The third-order valence-electron chi connectivity index (χ3n) is 4.20. The lowest BCUT2D eigenvalue weighted by atomic mass is 10.1. The SMILES string of the molecule is CCN(C(=O)c1cc(S(=O)(=O)N(C)C(C)C)ccc1Cl)c1ccccc1. The van der Waals surface area contributed by atoms with Crippen LogP contribution in [0.3, 0.4) is 0 Å². The average Bonchev–Trinajstić information content (AvgIpc) is 2.62. The van der Waals surface area contributed by atoms with Gasteiger partial charge in [-0.25, -0.2) is 8.42 Å². The number of anilines is 1. The molecule has 0 fully saturated rings. The minimum atomic E-state index is -3.70. The highest BCUT2D eigenvalue weighted by atomic mass is 35.5. The van der Waals surface area contributed by atoms with Gasteiger partial charge in [0.05, 0.1) is 15.5 Å². The third-order valence-corrected chi connectivity index (χ3v) is 6.56. The first-order valence-electron chi connectivity index (χ1n) is 8.34.